The highest BCUT2D eigenvalue weighted by Crippen LogP contribution is 2.44. The Hall–Kier alpha value is -3.79. The number of carboxylic acid groups (broad SMARTS) is 1. The SMILES string of the molecule is COc1ccc([C@]2(C#Cc3cccc(-c4nnc(C)o4)c3)CC[C@@H](C(=O)O)CC2)cc1OC1CCCC1. The fourth-order valence-corrected chi connectivity index (χ4v) is 5.43. The van der Waals surface area contributed by atoms with Gasteiger partial charge in [0, 0.05) is 18.1 Å². The largest absolute Gasteiger partial charge is 0.493 e. The van der Waals surface area contributed by atoms with Crippen LogP contribution >= 0.6 is 0 Å². The van der Waals surface area contributed by atoms with Gasteiger partial charge in [0.2, 0.25) is 11.8 Å². The van der Waals surface area contributed by atoms with Crippen molar-refractivity contribution in [3.8, 4) is 34.8 Å². The average Bonchev–Trinajstić information content (AvgIpc) is 3.59. The number of ether oxygens (including phenoxy) is 2. The predicted octanol–water partition coefficient (Wildman–Crippen LogP) is 5.94. The lowest BCUT2D eigenvalue weighted by atomic mass is 9.67. The molecule has 1 N–H and O–H groups in total. The highest BCUT2D eigenvalue weighted by Gasteiger charge is 2.38. The lowest BCUT2D eigenvalue weighted by Crippen LogP contribution is -2.33. The predicted molar refractivity (Wildman–Crippen MR) is 138 cm³/mol. The highest BCUT2D eigenvalue weighted by molar-refractivity contribution is 5.70. The third kappa shape index (κ3) is 5.48. The molecule has 3 aromatic rings. The zero-order valence-corrected chi connectivity index (χ0v) is 21.3. The maximum absolute atomic E-state index is 11.7. The van der Waals surface area contributed by atoms with Gasteiger partial charge >= 0.3 is 5.97 Å². The van der Waals surface area contributed by atoms with Gasteiger partial charge < -0.3 is 19.0 Å². The van der Waals surface area contributed by atoms with Gasteiger partial charge in [-0.05, 0) is 87.3 Å². The van der Waals surface area contributed by atoms with E-state index in [1.165, 1.54) is 12.8 Å². The molecule has 0 spiro atoms. The normalized spacial score (nSPS) is 21.7. The molecule has 1 heterocycles. The number of aryl methyl sites for hydroxylation is 1. The van der Waals surface area contributed by atoms with E-state index < -0.39 is 11.4 Å². The fourth-order valence-electron chi connectivity index (χ4n) is 5.43. The average molecular weight is 501 g/mol. The number of rotatable bonds is 6. The van der Waals surface area contributed by atoms with Gasteiger partial charge in [-0.15, -0.1) is 10.2 Å². The smallest absolute Gasteiger partial charge is 0.306 e. The van der Waals surface area contributed by atoms with Crippen LogP contribution in [0.5, 0.6) is 11.5 Å². The van der Waals surface area contributed by atoms with Gasteiger partial charge in [-0.3, -0.25) is 4.79 Å². The Kier molecular flexibility index (Phi) is 7.18. The van der Waals surface area contributed by atoms with E-state index in [1.54, 1.807) is 14.0 Å². The Morgan fingerprint density at radius 3 is 2.51 bits per heavy atom. The van der Waals surface area contributed by atoms with Crippen LogP contribution in [0.4, 0.5) is 0 Å². The second-order valence-corrected chi connectivity index (χ2v) is 10.0. The number of aliphatic carboxylic acids is 1. The summed E-state index contributed by atoms with van der Waals surface area (Å²) in [6.45, 7) is 1.76. The van der Waals surface area contributed by atoms with E-state index in [2.05, 4.69) is 28.1 Å². The van der Waals surface area contributed by atoms with E-state index in [1.807, 2.05) is 36.4 Å². The first-order valence-corrected chi connectivity index (χ1v) is 13.0. The summed E-state index contributed by atoms with van der Waals surface area (Å²) >= 11 is 0. The summed E-state index contributed by atoms with van der Waals surface area (Å²) in [7, 11) is 1.65. The lowest BCUT2D eigenvalue weighted by molar-refractivity contribution is -0.143. The van der Waals surface area contributed by atoms with Gasteiger partial charge in [-0.2, -0.15) is 0 Å². The van der Waals surface area contributed by atoms with Crippen LogP contribution in [0.15, 0.2) is 46.9 Å². The van der Waals surface area contributed by atoms with E-state index in [0.717, 1.165) is 35.3 Å². The van der Waals surface area contributed by atoms with Crippen molar-refractivity contribution in [2.45, 2.75) is 69.8 Å². The standard InChI is InChI=1S/C30H32N2O5/c1-20-31-32-28(36-20)23-7-5-6-21(18-23)12-15-30(16-13-22(14-17-30)29(33)34)24-10-11-26(35-2)27(19-24)37-25-8-3-4-9-25/h5-7,10-11,18-19,22,25H,3-4,8-9,13-14,16-17H2,1-2H3,(H,33,34)/t22-,30-. The molecule has 2 aromatic carbocycles. The van der Waals surface area contributed by atoms with Crippen molar-refractivity contribution in [1.82, 2.24) is 10.2 Å². The third-order valence-electron chi connectivity index (χ3n) is 7.58. The molecular weight excluding hydrogens is 468 g/mol. The Morgan fingerprint density at radius 2 is 1.84 bits per heavy atom. The van der Waals surface area contributed by atoms with Crippen molar-refractivity contribution in [2.24, 2.45) is 5.92 Å². The highest BCUT2D eigenvalue weighted by atomic mass is 16.5. The van der Waals surface area contributed by atoms with Crippen LogP contribution in [-0.4, -0.2) is 34.5 Å². The van der Waals surface area contributed by atoms with Gasteiger partial charge in [0.15, 0.2) is 11.5 Å². The molecule has 0 saturated heterocycles. The van der Waals surface area contributed by atoms with Crippen LogP contribution in [0.25, 0.3) is 11.5 Å². The number of hydrogen-bond donors (Lipinski definition) is 1. The van der Waals surface area contributed by atoms with Crippen LogP contribution in [0.3, 0.4) is 0 Å². The van der Waals surface area contributed by atoms with Gasteiger partial charge in [0.25, 0.3) is 0 Å². The molecule has 1 aromatic heterocycles. The van der Waals surface area contributed by atoms with E-state index in [9.17, 15) is 9.90 Å². The summed E-state index contributed by atoms with van der Waals surface area (Å²) in [6, 6.07) is 13.8. The number of aromatic nitrogens is 2. The third-order valence-corrected chi connectivity index (χ3v) is 7.58. The van der Waals surface area contributed by atoms with E-state index in [4.69, 9.17) is 13.9 Å². The molecule has 0 atom stereocenters. The molecule has 2 fully saturated rings. The first-order valence-electron chi connectivity index (χ1n) is 13.0. The number of methoxy groups -OCH3 is 1. The summed E-state index contributed by atoms with van der Waals surface area (Å²) in [4.78, 5) is 11.7. The second kappa shape index (κ2) is 10.7. The summed E-state index contributed by atoms with van der Waals surface area (Å²) < 4.78 is 17.6. The lowest BCUT2D eigenvalue weighted by Gasteiger charge is -2.36. The van der Waals surface area contributed by atoms with Crippen molar-refractivity contribution in [2.75, 3.05) is 7.11 Å². The molecule has 7 nitrogen and oxygen atoms in total. The molecular formula is C30H32N2O5. The van der Waals surface area contributed by atoms with Crippen molar-refractivity contribution in [1.29, 1.82) is 0 Å². The van der Waals surface area contributed by atoms with E-state index in [0.29, 0.717) is 43.2 Å². The van der Waals surface area contributed by atoms with Gasteiger partial charge in [-0.25, -0.2) is 0 Å². The van der Waals surface area contributed by atoms with Crippen molar-refractivity contribution < 1.29 is 23.8 Å². The summed E-state index contributed by atoms with van der Waals surface area (Å²) in [5.74, 6) is 8.28. The maximum atomic E-state index is 11.7. The Labute approximate surface area is 217 Å². The number of hydrogen-bond acceptors (Lipinski definition) is 6. The van der Waals surface area contributed by atoms with E-state index in [-0.39, 0.29) is 12.0 Å². The van der Waals surface area contributed by atoms with Crippen molar-refractivity contribution >= 4 is 5.97 Å². The van der Waals surface area contributed by atoms with Crippen LogP contribution in [0.1, 0.15) is 68.4 Å². The Balaban J connectivity index is 1.50. The zero-order chi connectivity index (χ0) is 25.8. The molecule has 0 unspecified atom stereocenters. The van der Waals surface area contributed by atoms with Gasteiger partial charge in [0.1, 0.15) is 0 Å². The molecule has 0 radical (unpaired) electrons. The summed E-state index contributed by atoms with van der Waals surface area (Å²) in [6.07, 6.45) is 7.14. The number of nitrogens with zero attached hydrogens (tertiary/aromatic N) is 2. The van der Waals surface area contributed by atoms with E-state index >= 15 is 0 Å². The summed E-state index contributed by atoms with van der Waals surface area (Å²) in [5, 5.41) is 17.6. The van der Waals surface area contributed by atoms with Crippen molar-refractivity contribution in [3.63, 3.8) is 0 Å². The quantitative estimate of drug-likeness (QED) is 0.419. The number of benzene rings is 2. The minimum absolute atomic E-state index is 0.199. The molecule has 2 aliphatic carbocycles. The zero-order valence-electron chi connectivity index (χ0n) is 21.3. The topological polar surface area (TPSA) is 94.7 Å². The van der Waals surface area contributed by atoms with Crippen LogP contribution < -0.4 is 9.47 Å². The van der Waals surface area contributed by atoms with Crippen molar-refractivity contribution in [3.05, 3.63) is 59.5 Å². The molecule has 7 heteroatoms. The molecule has 2 aliphatic rings. The maximum Gasteiger partial charge on any atom is 0.306 e. The second-order valence-electron chi connectivity index (χ2n) is 10.0. The van der Waals surface area contributed by atoms with Crippen LogP contribution in [0, 0.1) is 24.7 Å². The molecule has 0 aliphatic heterocycles. The number of carboxylic acids is 1. The minimum Gasteiger partial charge on any atom is -0.493 e. The summed E-state index contributed by atoms with van der Waals surface area (Å²) in [5.41, 5.74) is 2.21. The minimum atomic E-state index is -0.732. The first-order chi connectivity index (χ1) is 18.0. The van der Waals surface area contributed by atoms with Gasteiger partial charge in [0.05, 0.1) is 24.5 Å². The Morgan fingerprint density at radius 1 is 1.05 bits per heavy atom. The van der Waals surface area contributed by atoms with Crippen LogP contribution in [0.2, 0.25) is 0 Å². The fraction of sp³-hybridized carbons (Fsp3) is 0.433. The molecule has 2 saturated carbocycles. The molecule has 5 rings (SSSR count). The molecule has 37 heavy (non-hydrogen) atoms. The van der Waals surface area contributed by atoms with Crippen LogP contribution in [-0.2, 0) is 10.2 Å². The number of carbonyl (C=O) groups is 1. The molecule has 0 amide bonds. The first kappa shape index (κ1) is 24.9. The molecule has 192 valence electrons. The monoisotopic (exact) mass is 500 g/mol. The Bertz CT molecular complexity index is 1320. The molecule has 0 bridgehead atoms. The van der Waals surface area contributed by atoms with Gasteiger partial charge in [-0.1, -0.05) is 24.0 Å².